The third kappa shape index (κ3) is 3.11. The number of nitrogens with one attached hydrogen (secondary N) is 1. The summed E-state index contributed by atoms with van der Waals surface area (Å²) in [6.45, 7) is 1.40. The van der Waals surface area contributed by atoms with Gasteiger partial charge in [0.15, 0.2) is 4.91 Å². The van der Waals surface area contributed by atoms with Gasteiger partial charge in [0.1, 0.15) is 5.82 Å². The highest BCUT2D eigenvalue weighted by molar-refractivity contribution is 7.97. The van der Waals surface area contributed by atoms with Crippen LogP contribution in [0.2, 0.25) is 0 Å². The predicted octanol–water partition coefficient (Wildman–Crippen LogP) is 2.25. The molecule has 2 aromatic carbocycles. The van der Waals surface area contributed by atoms with E-state index in [0.29, 0.717) is 37.6 Å². The Labute approximate surface area is 156 Å². The molecule has 1 fully saturated rings. The van der Waals surface area contributed by atoms with Gasteiger partial charge in [-0.3, -0.25) is 4.79 Å². The largest absolute Gasteiger partial charge is 0.378 e. The van der Waals surface area contributed by atoms with E-state index >= 15 is 0 Å². The number of halogens is 1. The Kier molecular flexibility index (Phi) is 4.45. The standard InChI is InChI=1S/C19H17FN2O4S/c20-13-5-7-14(8-6-13)21-17-15-3-1-2-4-16(15)27(24,25)18(17)19(23)22-9-11-26-12-10-22/h1-8,21H,9-12H2. The molecule has 0 aliphatic carbocycles. The van der Waals surface area contributed by atoms with Gasteiger partial charge in [-0.1, -0.05) is 18.2 Å². The molecule has 1 saturated heterocycles. The molecule has 0 atom stereocenters. The average Bonchev–Trinajstić information content (AvgIpc) is 2.91. The lowest BCUT2D eigenvalue weighted by molar-refractivity contribution is -0.130. The van der Waals surface area contributed by atoms with Crippen LogP contribution < -0.4 is 5.32 Å². The van der Waals surface area contributed by atoms with Crippen LogP contribution in [0.3, 0.4) is 0 Å². The third-order valence-electron chi connectivity index (χ3n) is 4.55. The van der Waals surface area contributed by atoms with Crippen molar-refractivity contribution >= 4 is 27.1 Å². The zero-order valence-electron chi connectivity index (χ0n) is 14.3. The summed E-state index contributed by atoms with van der Waals surface area (Å²) in [5.41, 5.74) is 1.14. The normalized spacial score (nSPS) is 18.3. The molecule has 1 amide bonds. The minimum atomic E-state index is -3.96. The van der Waals surface area contributed by atoms with Crippen LogP contribution in [-0.4, -0.2) is 45.5 Å². The molecule has 4 rings (SSSR count). The van der Waals surface area contributed by atoms with Crippen LogP contribution in [0.5, 0.6) is 0 Å². The van der Waals surface area contributed by atoms with E-state index in [9.17, 15) is 17.6 Å². The lowest BCUT2D eigenvalue weighted by atomic mass is 10.1. The second-order valence-corrected chi connectivity index (χ2v) is 8.10. The fourth-order valence-electron chi connectivity index (χ4n) is 3.21. The molecule has 0 saturated carbocycles. The van der Waals surface area contributed by atoms with Gasteiger partial charge >= 0.3 is 0 Å². The molecule has 0 radical (unpaired) electrons. The molecular weight excluding hydrogens is 371 g/mol. The van der Waals surface area contributed by atoms with Gasteiger partial charge in [-0.25, -0.2) is 12.8 Å². The van der Waals surface area contributed by atoms with E-state index in [1.165, 1.54) is 35.2 Å². The molecule has 2 heterocycles. The van der Waals surface area contributed by atoms with Gasteiger partial charge in [0, 0.05) is 24.3 Å². The number of amides is 1. The Morgan fingerprint density at radius 3 is 2.41 bits per heavy atom. The van der Waals surface area contributed by atoms with E-state index in [-0.39, 0.29) is 15.5 Å². The topological polar surface area (TPSA) is 75.7 Å². The first-order valence-electron chi connectivity index (χ1n) is 8.47. The van der Waals surface area contributed by atoms with Gasteiger partial charge in [0.25, 0.3) is 5.91 Å². The maximum atomic E-state index is 13.2. The first kappa shape index (κ1) is 17.7. The fraction of sp³-hybridized carbons (Fsp3) is 0.211. The molecule has 2 aliphatic heterocycles. The number of fused-ring (bicyclic) bond motifs is 1. The Hall–Kier alpha value is -2.71. The minimum absolute atomic E-state index is 0.0891. The summed E-state index contributed by atoms with van der Waals surface area (Å²) in [5.74, 6) is -0.960. The Morgan fingerprint density at radius 2 is 1.70 bits per heavy atom. The van der Waals surface area contributed by atoms with E-state index < -0.39 is 21.6 Å². The van der Waals surface area contributed by atoms with E-state index in [0.717, 1.165) is 0 Å². The first-order valence-corrected chi connectivity index (χ1v) is 9.95. The van der Waals surface area contributed by atoms with Crippen molar-refractivity contribution in [2.24, 2.45) is 0 Å². The number of sulfone groups is 1. The summed E-state index contributed by atoms with van der Waals surface area (Å²) >= 11 is 0. The molecule has 140 valence electrons. The van der Waals surface area contributed by atoms with E-state index in [1.807, 2.05) is 0 Å². The van der Waals surface area contributed by atoms with Crippen molar-refractivity contribution in [1.29, 1.82) is 0 Å². The van der Waals surface area contributed by atoms with Crippen molar-refractivity contribution in [2.75, 3.05) is 31.6 Å². The number of benzene rings is 2. The molecule has 2 aromatic rings. The lowest BCUT2D eigenvalue weighted by Crippen LogP contribution is -2.42. The first-order chi connectivity index (χ1) is 13.0. The molecule has 6 nitrogen and oxygen atoms in total. The van der Waals surface area contributed by atoms with E-state index in [2.05, 4.69) is 5.32 Å². The van der Waals surface area contributed by atoms with Crippen molar-refractivity contribution in [3.8, 4) is 0 Å². The van der Waals surface area contributed by atoms with Crippen molar-refractivity contribution in [2.45, 2.75) is 4.90 Å². The molecule has 2 aliphatic rings. The van der Waals surface area contributed by atoms with Gasteiger partial charge in [0.05, 0.1) is 23.8 Å². The monoisotopic (exact) mass is 388 g/mol. The van der Waals surface area contributed by atoms with Crippen molar-refractivity contribution in [1.82, 2.24) is 4.90 Å². The van der Waals surface area contributed by atoms with Crippen LogP contribution in [0, 0.1) is 5.82 Å². The van der Waals surface area contributed by atoms with Crippen LogP contribution in [0.1, 0.15) is 5.56 Å². The maximum absolute atomic E-state index is 13.2. The number of carbonyl (C=O) groups excluding carboxylic acids is 1. The second kappa shape index (κ2) is 6.79. The molecular formula is C19H17FN2O4S. The van der Waals surface area contributed by atoms with E-state index in [1.54, 1.807) is 18.2 Å². The minimum Gasteiger partial charge on any atom is -0.378 e. The summed E-state index contributed by atoms with van der Waals surface area (Å²) in [6, 6.07) is 12.0. The van der Waals surface area contributed by atoms with Gasteiger partial charge in [-0.05, 0) is 30.3 Å². The number of hydrogen-bond donors (Lipinski definition) is 1. The van der Waals surface area contributed by atoms with Gasteiger partial charge in [-0.15, -0.1) is 0 Å². The van der Waals surface area contributed by atoms with Gasteiger partial charge in [-0.2, -0.15) is 0 Å². The number of nitrogens with zero attached hydrogens (tertiary/aromatic N) is 1. The summed E-state index contributed by atoms with van der Waals surface area (Å²) in [6.07, 6.45) is 0. The Balaban J connectivity index is 1.83. The quantitative estimate of drug-likeness (QED) is 0.873. The highest BCUT2D eigenvalue weighted by Crippen LogP contribution is 2.40. The van der Waals surface area contributed by atoms with Crippen molar-refractivity contribution in [3.63, 3.8) is 0 Å². The zero-order valence-corrected chi connectivity index (χ0v) is 15.1. The van der Waals surface area contributed by atoms with Crippen LogP contribution in [0.4, 0.5) is 10.1 Å². The zero-order chi connectivity index (χ0) is 19.0. The van der Waals surface area contributed by atoms with Crippen LogP contribution >= 0.6 is 0 Å². The SMILES string of the molecule is O=C(C1=C(Nc2ccc(F)cc2)c2ccccc2S1(=O)=O)N1CCOCC1. The number of ether oxygens (including phenoxy) is 1. The summed E-state index contributed by atoms with van der Waals surface area (Å²) in [5, 5.41) is 3.01. The summed E-state index contributed by atoms with van der Waals surface area (Å²) in [4.78, 5) is 14.4. The van der Waals surface area contributed by atoms with Crippen molar-refractivity contribution < 1.29 is 22.3 Å². The van der Waals surface area contributed by atoms with Crippen molar-refractivity contribution in [3.05, 3.63) is 64.8 Å². The van der Waals surface area contributed by atoms with Crippen LogP contribution in [-0.2, 0) is 19.4 Å². The van der Waals surface area contributed by atoms with Gasteiger partial charge in [0.2, 0.25) is 9.84 Å². The molecule has 0 spiro atoms. The fourth-order valence-corrected chi connectivity index (χ4v) is 4.93. The summed E-state index contributed by atoms with van der Waals surface area (Å²) in [7, 11) is -3.96. The molecule has 0 aromatic heterocycles. The second-order valence-electron chi connectivity index (χ2n) is 6.24. The number of rotatable bonds is 3. The maximum Gasteiger partial charge on any atom is 0.268 e. The van der Waals surface area contributed by atoms with Crippen LogP contribution in [0.15, 0.2) is 58.3 Å². The molecule has 27 heavy (non-hydrogen) atoms. The number of morpholine rings is 1. The summed E-state index contributed by atoms with van der Waals surface area (Å²) < 4.78 is 44.6. The molecule has 0 bridgehead atoms. The lowest BCUT2D eigenvalue weighted by Gasteiger charge is -2.27. The Bertz CT molecular complexity index is 1030. The third-order valence-corrected chi connectivity index (χ3v) is 6.40. The number of anilines is 1. The number of carbonyl (C=O) groups is 1. The predicted molar refractivity (Wildman–Crippen MR) is 98.0 cm³/mol. The highest BCUT2D eigenvalue weighted by atomic mass is 32.2. The molecule has 0 unspecified atom stereocenters. The Morgan fingerprint density at radius 1 is 1.04 bits per heavy atom. The smallest absolute Gasteiger partial charge is 0.268 e. The number of hydrogen-bond acceptors (Lipinski definition) is 5. The highest BCUT2D eigenvalue weighted by Gasteiger charge is 2.41. The molecule has 8 heteroatoms. The van der Waals surface area contributed by atoms with Crippen LogP contribution in [0.25, 0.3) is 5.70 Å². The van der Waals surface area contributed by atoms with Gasteiger partial charge < -0.3 is 15.0 Å². The molecule has 1 N–H and O–H groups in total. The average molecular weight is 388 g/mol. The van der Waals surface area contributed by atoms with E-state index in [4.69, 9.17) is 4.74 Å².